The highest BCUT2D eigenvalue weighted by Gasteiger charge is 2.29. The topological polar surface area (TPSA) is 83.0 Å². The van der Waals surface area contributed by atoms with E-state index in [0.29, 0.717) is 37.0 Å². The first-order valence-electron chi connectivity index (χ1n) is 10.1. The second-order valence-electron chi connectivity index (χ2n) is 7.79. The number of benzene rings is 1. The lowest BCUT2D eigenvalue weighted by molar-refractivity contribution is 0.0243. The third-order valence-electron chi connectivity index (χ3n) is 5.49. The molecule has 29 heavy (non-hydrogen) atoms. The molecule has 2 N–H and O–H groups in total. The quantitative estimate of drug-likeness (QED) is 0.332. The summed E-state index contributed by atoms with van der Waals surface area (Å²) in [5.41, 5.74) is 0.867. The van der Waals surface area contributed by atoms with E-state index in [1.165, 1.54) is 0 Å². The van der Waals surface area contributed by atoms with E-state index in [1.54, 1.807) is 23.5 Å². The van der Waals surface area contributed by atoms with Crippen molar-refractivity contribution in [2.75, 3.05) is 33.3 Å². The van der Waals surface area contributed by atoms with Crippen LogP contribution in [0.4, 0.5) is 0 Å². The number of rotatable bonds is 6. The van der Waals surface area contributed by atoms with E-state index in [2.05, 4.69) is 22.5 Å². The van der Waals surface area contributed by atoms with Crippen LogP contribution in [-0.2, 0) is 21.3 Å². The largest absolute Gasteiger partial charge is 0.373 e. The zero-order valence-electron chi connectivity index (χ0n) is 17.3. The van der Waals surface area contributed by atoms with E-state index >= 15 is 0 Å². The van der Waals surface area contributed by atoms with Crippen molar-refractivity contribution in [3.05, 3.63) is 29.8 Å². The van der Waals surface area contributed by atoms with Crippen LogP contribution in [0, 0.1) is 0 Å². The first-order valence-corrected chi connectivity index (χ1v) is 11.5. The summed E-state index contributed by atoms with van der Waals surface area (Å²) in [4.78, 5) is 4.62. The third-order valence-corrected chi connectivity index (χ3v) is 7.40. The summed E-state index contributed by atoms with van der Waals surface area (Å²) in [6.07, 6.45) is 5.13. The highest BCUT2D eigenvalue weighted by molar-refractivity contribution is 14.0. The van der Waals surface area contributed by atoms with Crippen molar-refractivity contribution in [3.63, 3.8) is 0 Å². The molecule has 0 aliphatic carbocycles. The van der Waals surface area contributed by atoms with Crippen molar-refractivity contribution in [1.29, 1.82) is 0 Å². The van der Waals surface area contributed by atoms with E-state index in [-0.39, 0.29) is 29.6 Å². The Hall–Kier alpha value is -0.910. The van der Waals surface area contributed by atoms with Gasteiger partial charge in [-0.3, -0.25) is 4.99 Å². The minimum Gasteiger partial charge on any atom is -0.373 e. The van der Waals surface area contributed by atoms with E-state index in [9.17, 15) is 8.42 Å². The van der Waals surface area contributed by atoms with Gasteiger partial charge in [0.1, 0.15) is 0 Å². The summed E-state index contributed by atoms with van der Waals surface area (Å²) in [6, 6.07) is 7.12. The monoisotopic (exact) mass is 536 g/mol. The smallest absolute Gasteiger partial charge is 0.243 e. The van der Waals surface area contributed by atoms with Crippen LogP contribution in [-0.4, -0.2) is 57.6 Å². The number of ether oxygens (including phenoxy) is 1. The summed E-state index contributed by atoms with van der Waals surface area (Å²) >= 11 is 0. The summed E-state index contributed by atoms with van der Waals surface area (Å²) in [5, 5.41) is 6.58. The normalized spacial score (nSPS) is 23.4. The molecule has 0 saturated carbocycles. The van der Waals surface area contributed by atoms with Crippen LogP contribution >= 0.6 is 24.0 Å². The lowest BCUT2D eigenvalue weighted by atomic mass is 10.0. The maximum atomic E-state index is 12.7. The molecule has 1 aromatic carbocycles. The van der Waals surface area contributed by atoms with E-state index in [0.717, 1.165) is 44.3 Å². The molecule has 2 saturated heterocycles. The highest BCUT2D eigenvalue weighted by atomic mass is 127. The van der Waals surface area contributed by atoms with Gasteiger partial charge in [0.15, 0.2) is 5.96 Å². The van der Waals surface area contributed by atoms with Crippen LogP contribution in [0.25, 0.3) is 0 Å². The minimum absolute atomic E-state index is 0. The molecule has 1 atom stereocenters. The third kappa shape index (κ3) is 6.53. The Labute approximate surface area is 191 Å². The van der Waals surface area contributed by atoms with Gasteiger partial charge in [-0.2, -0.15) is 4.31 Å². The van der Waals surface area contributed by atoms with Gasteiger partial charge in [-0.05, 0) is 50.3 Å². The van der Waals surface area contributed by atoms with Gasteiger partial charge in [-0.1, -0.05) is 18.6 Å². The maximum absolute atomic E-state index is 12.7. The average molecular weight is 536 g/mol. The van der Waals surface area contributed by atoms with Gasteiger partial charge in [0, 0.05) is 39.8 Å². The lowest BCUT2D eigenvalue weighted by Gasteiger charge is -2.26. The summed E-state index contributed by atoms with van der Waals surface area (Å²) in [6.45, 7) is 5.45. The molecular weight excluding hydrogens is 503 g/mol. The molecule has 1 unspecified atom stereocenters. The molecule has 1 aromatic rings. The summed E-state index contributed by atoms with van der Waals surface area (Å²) < 4.78 is 32.8. The molecule has 0 bridgehead atoms. The van der Waals surface area contributed by atoms with Crippen LogP contribution < -0.4 is 10.6 Å². The molecule has 0 spiro atoms. The number of guanidine groups is 1. The second kappa shape index (κ2) is 10.9. The zero-order chi connectivity index (χ0) is 20.0. The molecule has 2 heterocycles. The standard InChI is InChI=1S/C20H32N4O3S.HI/c1-20(11-6-14-27-20)16-23-19(21-2)22-15-17-7-9-18(10-8-17)28(25,26)24-12-4-3-5-13-24;/h7-10H,3-6,11-16H2,1-2H3,(H2,21,22,23);1H. The molecule has 2 aliphatic heterocycles. The van der Waals surface area contributed by atoms with Crippen LogP contribution in [0.1, 0.15) is 44.6 Å². The SMILES string of the molecule is CN=C(NCc1ccc(S(=O)(=O)N2CCCCC2)cc1)NCC1(C)CCCO1.I. The minimum atomic E-state index is -3.38. The predicted octanol–water partition coefficient (Wildman–Crippen LogP) is 2.71. The number of piperidine rings is 1. The van der Waals surface area contributed by atoms with Crippen LogP contribution in [0.2, 0.25) is 0 Å². The van der Waals surface area contributed by atoms with Crippen LogP contribution in [0.5, 0.6) is 0 Å². The van der Waals surface area contributed by atoms with Crippen molar-refractivity contribution in [1.82, 2.24) is 14.9 Å². The van der Waals surface area contributed by atoms with Gasteiger partial charge in [0.25, 0.3) is 0 Å². The number of halogens is 1. The van der Waals surface area contributed by atoms with E-state index in [1.807, 2.05) is 12.1 Å². The molecule has 0 amide bonds. The highest BCUT2D eigenvalue weighted by Crippen LogP contribution is 2.24. The first-order chi connectivity index (χ1) is 13.4. The molecule has 2 aliphatic rings. The average Bonchev–Trinajstić information content (AvgIpc) is 3.16. The Morgan fingerprint density at radius 3 is 2.41 bits per heavy atom. The van der Waals surface area contributed by atoms with E-state index in [4.69, 9.17) is 4.74 Å². The fraction of sp³-hybridized carbons (Fsp3) is 0.650. The molecule has 3 rings (SSSR count). The molecule has 7 nitrogen and oxygen atoms in total. The first kappa shape index (κ1) is 24.4. The molecule has 164 valence electrons. The molecule has 2 fully saturated rings. The van der Waals surface area contributed by atoms with Crippen molar-refractivity contribution >= 4 is 40.0 Å². The fourth-order valence-electron chi connectivity index (χ4n) is 3.69. The zero-order valence-corrected chi connectivity index (χ0v) is 20.5. The fourth-order valence-corrected chi connectivity index (χ4v) is 5.20. The van der Waals surface area contributed by atoms with Gasteiger partial charge < -0.3 is 15.4 Å². The Kier molecular flexibility index (Phi) is 9.17. The Morgan fingerprint density at radius 2 is 1.83 bits per heavy atom. The summed E-state index contributed by atoms with van der Waals surface area (Å²) in [7, 11) is -1.64. The Morgan fingerprint density at radius 1 is 1.14 bits per heavy atom. The summed E-state index contributed by atoms with van der Waals surface area (Å²) in [5.74, 6) is 0.710. The number of hydrogen-bond acceptors (Lipinski definition) is 4. The van der Waals surface area contributed by atoms with Crippen molar-refractivity contribution < 1.29 is 13.2 Å². The number of nitrogens with zero attached hydrogens (tertiary/aromatic N) is 2. The van der Waals surface area contributed by atoms with Crippen molar-refractivity contribution in [3.8, 4) is 0 Å². The van der Waals surface area contributed by atoms with Gasteiger partial charge in [0.2, 0.25) is 10.0 Å². The van der Waals surface area contributed by atoms with Crippen LogP contribution in [0.3, 0.4) is 0 Å². The Balaban J connectivity index is 0.00000300. The predicted molar refractivity (Wildman–Crippen MR) is 126 cm³/mol. The Bertz CT molecular complexity index is 771. The molecule has 9 heteroatoms. The van der Waals surface area contributed by atoms with Gasteiger partial charge in [-0.15, -0.1) is 24.0 Å². The number of sulfonamides is 1. The van der Waals surface area contributed by atoms with E-state index < -0.39 is 10.0 Å². The van der Waals surface area contributed by atoms with Crippen molar-refractivity contribution in [2.24, 2.45) is 4.99 Å². The maximum Gasteiger partial charge on any atom is 0.243 e. The van der Waals surface area contributed by atoms with Gasteiger partial charge in [-0.25, -0.2) is 8.42 Å². The number of nitrogens with one attached hydrogen (secondary N) is 2. The number of aliphatic imine (C=N–C) groups is 1. The molecular formula is C20H33IN4O3S. The van der Waals surface area contributed by atoms with Crippen molar-refractivity contribution in [2.45, 2.75) is 56.1 Å². The van der Waals surface area contributed by atoms with Gasteiger partial charge in [0.05, 0.1) is 10.5 Å². The second-order valence-corrected chi connectivity index (χ2v) is 9.73. The molecule has 0 aromatic heterocycles. The molecule has 0 radical (unpaired) electrons. The number of hydrogen-bond donors (Lipinski definition) is 2. The van der Waals surface area contributed by atoms with Gasteiger partial charge >= 0.3 is 0 Å². The van der Waals surface area contributed by atoms with Crippen LogP contribution in [0.15, 0.2) is 34.2 Å². The lowest BCUT2D eigenvalue weighted by Crippen LogP contribution is -2.45.